The number of anilines is 1. The second-order valence-corrected chi connectivity index (χ2v) is 5.13. The van der Waals surface area contributed by atoms with Crippen LogP contribution in [-0.2, 0) is 11.3 Å². The molecule has 88 valence electrons. The Balaban J connectivity index is 1.61. The fraction of sp³-hybridized carbons (Fsp3) is 0.750. The minimum Gasteiger partial charge on any atom is -0.382 e. The molecule has 16 heavy (non-hydrogen) atoms. The number of aromatic nitrogens is 2. The zero-order valence-corrected chi connectivity index (χ0v) is 9.56. The predicted octanol–water partition coefficient (Wildman–Crippen LogP) is 1.96. The van der Waals surface area contributed by atoms with Gasteiger partial charge >= 0.3 is 0 Å². The molecule has 1 aliphatic heterocycles. The molecule has 1 aromatic rings. The van der Waals surface area contributed by atoms with Gasteiger partial charge in [0.1, 0.15) is 5.82 Å². The largest absolute Gasteiger partial charge is 0.382 e. The van der Waals surface area contributed by atoms with Gasteiger partial charge in [-0.15, -0.1) is 0 Å². The normalized spacial score (nSPS) is 27.9. The van der Waals surface area contributed by atoms with E-state index in [0.29, 0.717) is 11.9 Å². The van der Waals surface area contributed by atoms with E-state index in [9.17, 15) is 0 Å². The van der Waals surface area contributed by atoms with Gasteiger partial charge in [-0.05, 0) is 31.7 Å². The van der Waals surface area contributed by atoms with Gasteiger partial charge in [0.2, 0.25) is 0 Å². The van der Waals surface area contributed by atoms with Crippen molar-refractivity contribution in [3.05, 3.63) is 12.3 Å². The average Bonchev–Trinajstić information content (AvgIpc) is 2.94. The Labute approximate surface area is 95.8 Å². The van der Waals surface area contributed by atoms with Crippen molar-refractivity contribution in [3.8, 4) is 0 Å². The number of nitrogens with zero attached hydrogens (tertiary/aromatic N) is 2. The van der Waals surface area contributed by atoms with Gasteiger partial charge in [-0.3, -0.25) is 4.68 Å². The van der Waals surface area contributed by atoms with Crippen LogP contribution in [-0.4, -0.2) is 21.5 Å². The molecular weight excluding hydrogens is 202 g/mol. The van der Waals surface area contributed by atoms with Crippen molar-refractivity contribution < 1.29 is 4.74 Å². The Morgan fingerprint density at radius 3 is 2.94 bits per heavy atom. The Kier molecular flexibility index (Phi) is 2.39. The Hall–Kier alpha value is -1.03. The van der Waals surface area contributed by atoms with Crippen LogP contribution < -0.4 is 5.73 Å². The van der Waals surface area contributed by atoms with Gasteiger partial charge in [-0.1, -0.05) is 12.8 Å². The van der Waals surface area contributed by atoms with Gasteiger partial charge in [0.15, 0.2) is 0 Å². The average molecular weight is 221 g/mol. The third-order valence-corrected chi connectivity index (χ3v) is 3.91. The number of ether oxygens (including phenoxy) is 1. The van der Waals surface area contributed by atoms with Crippen LogP contribution >= 0.6 is 0 Å². The summed E-state index contributed by atoms with van der Waals surface area (Å²) < 4.78 is 8.12. The number of rotatable bonds is 2. The molecule has 1 aromatic heterocycles. The topological polar surface area (TPSA) is 53.1 Å². The molecule has 2 fully saturated rings. The van der Waals surface area contributed by atoms with Crippen molar-refractivity contribution in [2.24, 2.45) is 0 Å². The Morgan fingerprint density at radius 2 is 2.25 bits per heavy atom. The first-order valence-corrected chi connectivity index (χ1v) is 6.23. The van der Waals surface area contributed by atoms with Crippen LogP contribution in [0.3, 0.4) is 0 Å². The Morgan fingerprint density at radius 1 is 1.44 bits per heavy atom. The molecule has 2 heterocycles. The van der Waals surface area contributed by atoms with Gasteiger partial charge in [0.25, 0.3) is 0 Å². The molecule has 1 unspecified atom stereocenters. The standard InChI is InChI=1S/C12H19N3O/c13-11-4-8-15(14-11)9-10-3-7-12(16-10)5-1-2-6-12/h4,8,10H,1-3,5-7,9H2,(H2,13,14). The van der Waals surface area contributed by atoms with Crippen molar-refractivity contribution in [3.63, 3.8) is 0 Å². The summed E-state index contributed by atoms with van der Waals surface area (Å²) >= 11 is 0. The van der Waals surface area contributed by atoms with Gasteiger partial charge in [0, 0.05) is 6.20 Å². The molecule has 1 saturated heterocycles. The van der Waals surface area contributed by atoms with Crippen molar-refractivity contribution >= 4 is 5.82 Å². The van der Waals surface area contributed by atoms with Gasteiger partial charge in [-0.25, -0.2) is 0 Å². The summed E-state index contributed by atoms with van der Waals surface area (Å²) in [6.07, 6.45) is 9.84. The number of hydrogen-bond donors (Lipinski definition) is 1. The molecule has 4 heteroatoms. The summed E-state index contributed by atoms with van der Waals surface area (Å²) in [6, 6.07) is 1.83. The molecular formula is C12H19N3O. The molecule has 2 N–H and O–H groups in total. The highest BCUT2D eigenvalue weighted by Gasteiger charge is 2.42. The van der Waals surface area contributed by atoms with Crippen LogP contribution in [0.5, 0.6) is 0 Å². The van der Waals surface area contributed by atoms with E-state index in [0.717, 1.165) is 6.54 Å². The molecule has 0 aromatic carbocycles. The van der Waals surface area contributed by atoms with Crippen LogP contribution in [0.25, 0.3) is 0 Å². The maximum Gasteiger partial charge on any atom is 0.145 e. The van der Waals surface area contributed by atoms with Crippen molar-refractivity contribution in [2.75, 3.05) is 5.73 Å². The maximum absolute atomic E-state index is 6.22. The second kappa shape index (κ2) is 3.77. The molecule has 2 aliphatic rings. The minimum absolute atomic E-state index is 0.226. The fourth-order valence-electron chi connectivity index (χ4n) is 3.10. The van der Waals surface area contributed by atoms with Crippen LogP contribution in [0.15, 0.2) is 12.3 Å². The van der Waals surface area contributed by atoms with E-state index in [1.54, 1.807) is 0 Å². The quantitative estimate of drug-likeness (QED) is 0.830. The van der Waals surface area contributed by atoms with E-state index < -0.39 is 0 Å². The smallest absolute Gasteiger partial charge is 0.145 e. The molecule has 3 rings (SSSR count). The van der Waals surface area contributed by atoms with E-state index in [4.69, 9.17) is 10.5 Å². The highest BCUT2D eigenvalue weighted by atomic mass is 16.5. The first kappa shape index (κ1) is 10.1. The van der Waals surface area contributed by atoms with Crippen molar-refractivity contribution in [1.29, 1.82) is 0 Å². The van der Waals surface area contributed by atoms with Crippen LogP contribution in [0.2, 0.25) is 0 Å². The monoisotopic (exact) mass is 221 g/mol. The summed E-state index contributed by atoms with van der Waals surface area (Å²) in [4.78, 5) is 0. The predicted molar refractivity (Wildman–Crippen MR) is 61.9 cm³/mol. The first-order chi connectivity index (χ1) is 7.76. The van der Waals surface area contributed by atoms with Crippen LogP contribution in [0.4, 0.5) is 5.82 Å². The van der Waals surface area contributed by atoms with Crippen molar-refractivity contribution in [2.45, 2.75) is 56.8 Å². The SMILES string of the molecule is Nc1ccn(CC2CCC3(CCCC3)O2)n1. The third kappa shape index (κ3) is 1.82. The molecule has 0 bridgehead atoms. The Bertz CT molecular complexity index is 368. The summed E-state index contributed by atoms with van der Waals surface area (Å²) in [5.41, 5.74) is 5.82. The third-order valence-electron chi connectivity index (χ3n) is 3.91. The number of hydrogen-bond acceptors (Lipinski definition) is 3. The lowest BCUT2D eigenvalue weighted by atomic mass is 9.98. The molecule has 0 amide bonds. The van der Waals surface area contributed by atoms with E-state index in [1.807, 2.05) is 16.9 Å². The lowest BCUT2D eigenvalue weighted by molar-refractivity contribution is -0.0428. The molecule has 1 spiro atoms. The molecule has 1 atom stereocenters. The number of nitrogens with two attached hydrogens (primary N) is 1. The number of nitrogen functional groups attached to an aromatic ring is 1. The molecule has 1 saturated carbocycles. The summed E-state index contributed by atoms with van der Waals surface area (Å²) in [7, 11) is 0. The zero-order valence-electron chi connectivity index (χ0n) is 9.56. The summed E-state index contributed by atoms with van der Waals surface area (Å²) in [5, 5.41) is 4.20. The highest BCUT2D eigenvalue weighted by Crippen LogP contribution is 2.43. The molecule has 4 nitrogen and oxygen atoms in total. The van der Waals surface area contributed by atoms with E-state index >= 15 is 0 Å². The van der Waals surface area contributed by atoms with Crippen molar-refractivity contribution in [1.82, 2.24) is 9.78 Å². The van der Waals surface area contributed by atoms with Crippen LogP contribution in [0, 0.1) is 0 Å². The van der Waals surface area contributed by atoms with E-state index in [2.05, 4.69) is 5.10 Å². The maximum atomic E-state index is 6.22. The van der Waals surface area contributed by atoms with Gasteiger partial charge in [0.05, 0.1) is 18.2 Å². The van der Waals surface area contributed by atoms with Gasteiger partial charge < -0.3 is 10.5 Å². The van der Waals surface area contributed by atoms with Crippen LogP contribution in [0.1, 0.15) is 38.5 Å². The first-order valence-electron chi connectivity index (χ1n) is 6.23. The second-order valence-electron chi connectivity index (χ2n) is 5.13. The molecule has 1 aliphatic carbocycles. The summed E-state index contributed by atoms with van der Waals surface area (Å²) in [6.45, 7) is 0.846. The summed E-state index contributed by atoms with van der Waals surface area (Å²) in [5.74, 6) is 0.591. The van der Waals surface area contributed by atoms with Gasteiger partial charge in [-0.2, -0.15) is 5.10 Å². The zero-order chi connectivity index (χ0) is 11.0. The highest BCUT2D eigenvalue weighted by molar-refractivity contribution is 5.23. The lowest BCUT2D eigenvalue weighted by Crippen LogP contribution is -2.26. The lowest BCUT2D eigenvalue weighted by Gasteiger charge is -2.23. The molecule has 0 radical (unpaired) electrons. The minimum atomic E-state index is 0.226. The van der Waals surface area contributed by atoms with E-state index in [1.165, 1.54) is 38.5 Å². The fourth-order valence-corrected chi connectivity index (χ4v) is 3.10. The van der Waals surface area contributed by atoms with E-state index in [-0.39, 0.29) is 5.60 Å².